The SMILES string of the molecule is O=C(/C=C/C=C(c1ccc(C(F)(F)F)cc1)c1ccc(C(F)(F)F)cc1)Nc1cc(-c2ccccc2)no1. The highest BCUT2D eigenvalue weighted by molar-refractivity contribution is 5.99. The van der Waals surface area contributed by atoms with Gasteiger partial charge in [-0.1, -0.05) is 71.9 Å². The molecule has 0 fully saturated rings. The number of alkyl halides is 6. The molecule has 38 heavy (non-hydrogen) atoms. The molecule has 1 N–H and O–H groups in total. The number of carbonyl (C=O) groups excluding carboxylic acids is 1. The minimum absolute atomic E-state index is 0.0909. The lowest BCUT2D eigenvalue weighted by atomic mass is 9.95. The predicted octanol–water partition coefficient (Wildman–Crippen LogP) is 8.01. The fourth-order valence-corrected chi connectivity index (χ4v) is 3.51. The van der Waals surface area contributed by atoms with E-state index in [0.29, 0.717) is 22.4 Å². The molecule has 0 saturated heterocycles. The summed E-state index contributed by atoms with van der Waals surface area (Å²) in [6.07, 6.45) is -5.21. The van der Waals surface area contributed by atoms with Crippen LogP contribution in [0.15, 0.2) is 108 Å². The molecule has 1 amide bonds. The van der Waals surface area contributed by atoms with Gasteiger partial charge in [-0.05, 0) is 41.0 Å². The van der Waals surface area contributed by atoms with Crippen molar-refractivity contribution < 1.29 is 35.7 Å². The molecule has 4 aromatic rings. The minimum atomic E-state index is -4.55. The van der Waals surface area contributed by atoms with Crippen LogP contribution in [0.1, 0.15) is 22.3 Å². The van der Waals surface area contributed by atoms with Crippen molar-refractivity contribution in [2.24, 2.45) is 0 Å². The van der Waals surface area contributed by atoms with Gasteiger partial charge in [-0.3, -0.25) is 10.1 Å². The number of amides is 1. The molecule has 1 heterocycles. The first-order chi connectivity index (χ1) is 18.0. The van der Waals surface area contributed by atoms with Crippen LogP contribution < -0.4 is 5.32 Å². The van der Waals surface area contributed by atoms with E-state index in [2.05, 4.69) is 10.5 Å². The topological polar surface area (TPSA) is 55.1 Å². The predicted molar refractivity (Wildman–Crippen MR) is 130 cm³/mol. The van der Waals surface area contributed by atoms with Gasteiger partial charge in [0.25, 0.3) is 5.91 Å². The van der Waals surface area contributed by atoms with E-state index < -0.39 is 29.4 Å². The van der Waals surface area contributed by atoms with Crippen LogP contribution in [0, 0.1) is 0 Å². The lowest BCUT2D eigenvalue weighted by Crippen LogP contribution is -2.06. The molecule has 3 aromatic carbocycles. The number of halogens is 6. The molecule has 1 aromatic heterocycles. The third kappa shape index (κ3) is 6.58. The summed E-state index contributed by atoms with van der Waals surface area (Å²) in [5.74, 6) is -0.496. The summed E-state index contributed by atoms with van der Waals surface area (Å²) in [4.78, 5) is 12.4. The van der Waals surface area contributed by atoms with Gasteiger partial charge >= 0.3 is 12.4 Å². The van der Waals surface area contributed by atoms with Crippen molar-refractivity contribution in [1.29, 1.82) is 0 Å². The molecule has 4 rings (SSSR count). The molecule has 0 atom stereocenters. The number of nitrogens with one attached hydrogen (secondary N) is 1. The van der Waals surface area contributed by atoms with Gasteiger partial charge in [-0.2, -0.15) is 26.3 Å². The lowest BCUT2D eigenvalue weighted by molar-refractivity contribution is -0.138. The molecule has 0 radical (unpaired) electrons. The molecule has 0 aliphatic carbocycles. The Morgan fingerprint density at radius 3 is 1.79 bits per heavy atom. The monoisotopic (exact) mass is 528 g/mol. The molecular formula is C28H18F6N2O2. The molecular weight excluding hydrogens is 510 g/mol. The number of hydrogen-bond donors (Lipinski definition) is 1. The van der Waals surface area contributed by atoms with Crippen LogP contribution in [-0.2, 0) is 17.1 Å². The highest BCUT2D eigenvalue weighted by Crippen LogP contribution is 2.33. The fourth-order valence-electron chi connectivity index (χ4n) is 3.51. The zero-order chi connectivity index (χ0) is 27.3. The lowest BCUT2D eigenvalue weighted by Gasteiger charge is -2.12. The fraction of sp³-hybridized carbons (Fsp3) is 0.0714. The van der Waals surface area contributed by atoms with Gasteiger partial charge in [0.1, 0.15) is 5.69 Å². The van der Waals surface area contributed by atoms with Crippen molar-refractivity contribution in [1.82, 2.24) is 5.16 Å². The first-order valence-electron chi connectivity index (χ1n) is 11.1. The van der Waals surface area contributed by atoms with E-state index in [1.807, 2.05) is 30.3 Å². The van der Waals surface area contributed by atoms with Crippen molar-refractivity contribution in [3.63, 3.8) is 0 Å². The normalized spacial score (nSPS) is 11.9. The van der Waals surface area contributed by atoms with E-state index in [-0.39, 0.29) is 5.88 Å². The van der Waals surface area contributed by atoms with Gasteiger partial charge < -0.3 is 4.52 Å². The Morgan fingerprint density at radius 1 is 0.763 bits per heavy atom. The van der Waals surface area contributed by atoms with E-state index in [1.54, 1.807) is 0 Å². The van der Waals surface area contributed by atoms with E-state index in [4.69, 9.17) is 4.52 Å². The Hall–Kier alpha value is -4.60. The van der Waals surface area contributed by atoms with Crippen molar-refractivity contribution in [3.8, 4) is 11.3 Å². The zero-order valence-corrected chi connectivity index (χ0v) is 19.3. The van der Waals surface area contributed by atoms with Gasteiger partial charge in [-0.25, -0.2) is 0 Å². The van der Waals surface area contributed by atoms with Crippen molar-refractivity contribution in [2.75, 3.05) is 5.32 Å². The third-order valence-corrected chi connectivity index (χ3v) is 5.38. The van der Waals surface area contributed by atoms with Crippen LogP contribution >= 0.6 is 0 Å². The molecule has 0 unspecified atom stereocenters. The largest absolute Gasteiger partial charge is 0.416 e. The van der Waals surface area contributed by atoms with Gasteiger partial charge in [0.2, 0.25) is 5.88 Å². The smallest absolute Gasteiger partial charge is 0.338 e. The summed E-state index contributed by atoms with van der Waals surface area (Å²) in [6.45, 7) is 0. The Balaban J connectivity index is 1.57. The average molecular weight is 528 g/mol. The van der Waals surface area contributed by atoms with Gasteiger partial charge in [-0.15, -0.1) is 0 Å². The van der Waals surface area contributed by atoms with Crippen LogP contribution in [0.5, 0.6) is 0 Å². The van der Waals surface area contributed by atoms with Gasteiger partial charge in [0.05, 0.1) is 11.1 Å². The highest BCUT2D eigenvalue weighted by Gasteiger charge is 2.31. The summed E-state index contributed by atoms with van der Waals surface area (Å²) in [5, 5.41) is 6.39. The second kappa shape index (κ2) is 10.8. The molecule has 0 bridgehead atoms. The standard InChI is InChI=1S/C28H18F6N2O2/c29-27(30,31)21-13-9-18(10-14-21)23(19-11-15-22(16-12-19)28(32,33)34)7-4-8-25(37)35-26-17-24(36-38-26)20-5-2-1-3-6-20/h1-17H,(H,35,37)/b8-4+. The van der Waals surface area contributed by atoms with Crippen LogP contribution in [-0.4, -0.2) is 11.1 Å². The third-order valence-electron chi connectivity index (χ3n) is 5.38. The number of aromatic nitrogens is 1. The number of anilines is 1. The number of benzene rings is 3. The maximum absolute atomic E-state index is 13.0. The highest BCUT2D eigenvalue weighted by atomic mass is 19.4. The van der Waals surface area contributed by atoms with Crippen molar-refractivity contribution in [3.05, 3.63) is 125 Å². The number of carbonyl (C=O) groups is 1. The Labute approximate surface area is 212 Å². The zero-order valence-electron chi connectivity index (χ0n) is 19.3. The minimum Gasteiger partial charge on any atom is -0.338 e. The van der Waals surface area contributed by atoms with Gasteiger partial charge in [0.15, 0.2) is 0 Å². The van der Waals surface area contributed by atoms with Crippen LogP contribution in [0.2, 0.25) is 0 Å². The summed E-state index contributed by atoms with van der Waals surface area (Å²) in [5.41, 5.74) is 0.484. The molecule has 0 spiro atoms. The van der Waals surface area contributed by atoms with E-state index in [0.717, 1.165) is 35.9 Å². The summed E-state index contributed by atoms with van der Waals surface area (Å²) in [7, 11) is 0. The Bertz CT molecular complexity index is 1390. The summed E-state index contributed by atoms with van der Waals surface area (Å²) >= 11 is 0. The molecule has 10 heteroatoms. The quantitative estimate of drug-likeness (QED) is 0.157. The Morgan fingerprint density at radius 2 is 1.29 bits per heavy atom. The molecule has 0 aliphatic rings. The van der Waals surface area contributed by atoms with Crippen LogP contribution in [0.25, 0.3) is 16.8 Å². The molecule has 0 saturated carbocycles. The van der Waals surface area contributed by atoms with E-state index in [1.165, 1.54) is 42.5 Å². The summed E-state index contributed by atoms with van der Waals surface area (Å²) in [6, 6.07) is 19.0. The Kier molecular flexibility index (Phi) is 7.52. The number of rotatable bonds is 6. The average Bonchev–Trinajstić information content (AvgIpc) is 3.35. The maximum Gasteiger partial charge on any atom is 0.416 e. The van der Waals surface area contributed by atoms with Crippen molar-refractivity contribution >= 4 is 17.4 Å². The van der Waals surface area contributed by atoms with Gasteiger partial charge in [0, 0.05) is 17.7 Å². The van der Waals surface area contributed by atoms with Crippen LogP contribution in [0.4, 0.5) is 32.2 Å². The molecule has 4 nitrogen and oxygen atoms in total. The molecule has 0 aliphatic heterocycles. The van der Waals surface area contributed by atoms with E-state index in [9.17, 15) is 31.1 Å². The summed E-state index contributed by atoms with van der Waals surface area (Å²) < 4.78 is 83.0. The van der Waals surface area contributed by atoms with E-state index >= 15 is 0 Å². The first-order valence-corrected chi connectivity index (χ1v) is 11.1. The number of nitrogens with zero attached hydrogens (tertiary/aromatic N) is 1. The molecule has 194 valence electrons. The number of allylic oxidation sites excluding steroid dienone is 2. The maximum atomic E-state index is 13.0. The van der Waals surface area contributed by atoms with Crippen molar-refractivity contribution in [2.45, 2.75) is 12.4 Å². The van der Waals surface area contributed by atoms with Crippen LogP contribution in [0.3, 0.4) is 0 Å². The number of hydrogen-bond acceptors (Lipinski definition) is 3. The second-order valence-corrected chi connectivity index (χ2v) is 8.02. The second-order valence-electron chi connectivity index (χ2n) is 8.02. The first kappa shape index (κ1) is 26.5.